The van der Waals surface area contributed by atoms with Crippen LogP contribution in [0.25, 0.3) is 16.9 Å². The zero-order valence-corrected chi connectivity index (χ0v) is 20.1. The van der Waals surface area contributed by atoms with Crippen molar-refractivity contribution in [2.75, 3.05) is 33.4 Å². The monoisotopic (exact) mass is 493 g/mol. The summed E-state index contributed by atoms with van der Waals surface area (Å²) < 4.78 is 12.5. The molecule has 2 N–H and O–H groups in total. The number of carbonyl (C=O) groups excluding carboxylic acids is 1. The van der Waals surface area contributed by atoms with E-state index in [0.717, 1.165) is 48.6 Å². The number of carbonyl (C=O) groups is 1. The SMILES string of the molecule is COc1ccc(-n2nc(C(=O)N3CCCCC3)cc2-c2ccc(OCCN)cc2)cn1.Cl.Cl. The minimum absolute atomic E-state index is 0. The molecule has 0 spiro atoms. The zero-order chi connectivity index (χ0) is 21.6. The van der Waals surface area contributed by atoms with E-state index in [0.29, 0.717) is 24.7 Å². The first-order chi connectivity index (χ1) is 15.2. The van der Waals surface area contributed by atoms with E-state index in [2.05, 4.69) is 10.1 Å². The van der Waals surface area contributed by atoms with Gasteiger partial charge in [-0.25, -0.2) is 9.67 Å². The van der Waals surface area contributed by atoms with Crippen LogP contribution in [0.4, 0.5) is 0 Å². The number of nitrogens with two attached hydrogens (primary N) is 1. The number of methoxy groups -OCH3 is 1. The smallest absolute Gasteiger partial charge is 0.274 e. The van der Waals surface area contributed by atoms with Crippen molar-refractivity contribution in [1.82, 2.24) is 19.7 Å². The Balaban J connectivity index is 0.00000193. The molecular weight excluding hydrogens is 465 g/mol. The van der Waals surface area contributed by atoms with Crippen LogP contribution in [0, 0.1) is 0 Å². The Labute approximate surface area is 205 Å². The summed E-state index contributed by atoms with van der Waals surface area (Å²) in [5, 5.41) is 4.66. The number of pyridine rings is 1. The van der Waals surface area contributed by atoms with Gasteiger partial charge in [0.05, 0.1) is 24.7 Å². The number of amides is 1. The molecule has 1 aliphatic heterocycles. The van der Waals surface area contributed by atoms with Gasteiger partial charge >= 0.3 is 0 Å². The quantitative estimate of drug-likeness (QED) is 0.538. The number of nitrogens with zero attached hydrogens (tertiary/aromatic N) is 4. The molecule has 3 aromatic rings. The van der Waals surface area contributed by atoms with Crippen LogP contribution in [0.2, 0.25) is 0 Å². The van der Waals surface area contributed by atoms with Crippen LogP contribution < -0.4 is 15.2 Å². The average molecular weight is 494 g/mol. The molecule has 10 heteroatoms. The van der Waals surface area contributed by atoms with Gasteiger partial charge in [0.15, 0.2) is 5.69 Å². The standard InChI is InChI=1S/C23H27N5O3.2ClH/c1-30-22-10-7-18(16-25-22)28-21(17-5-8-19(9-6-17)31-14-11-24)15-20(26-28)23(29)27-12-3-2-4-13-27;;/h5-10,15-16H,2-4,11-14,24H2,1H3;2*1H. The van der Waals surface area contributed by atoms with Crippen molar-refractivity contribution in [3.8, 4) is 28.6 Å². The van der Waals surface area contributed by atoms with Gasteiger partial charge in [0.1, 0.15) is 12.4 Å². The number of halogens is 2. The summed E-state index contributed by atoms with van der Waals surface area (Å²) >= 11 is 0. The highest BCUT2D eigenvalue weighted by Gasteiger charge is 2.23. The number of hydrogen-bond acceptors (Lipinski definition) is 6. The molecule has 33 heavy (non-hydrogen) atoms. The minimum Gasteiger partial charge on any atom is -0.492 e. The summed E-state index contributed by atoms with van der Waals surface area (Å²) in [6.07, 6.45) is 4.92. The highest BCUT2D eigenvalue weighted by molar-refractivity contribution is 5.93. The van der Waals surface area contributed by atoms with Crippen molar-refractivity contribution in [2.45, 2.75) is 19.3 Å². The van der Waals surface area contributed by atoms with Gasteiger partial charge in [-0.15, -0.1) is 24.8 Å². The largest absolute Gasteiger partial charge is 0.492 e. The predicted octanol–water partition coefficient (Wildman–Crippen LogP) is 3.75. The van der Waals surface area contributed by atoms with Crippen LogP contribution in [0.1, 0.15) is 29.8 Å². The highest BCUT2D eigenvalue weighted by Crippen LogP contribution is 2.27. The number of piperidine rings is 1. The molecule has 8 nitrogen and oxygen atoms in total. The van der Waals surface area contributed by atoms with E-state index < -0.39 is 0 Å². The summed E-state index contributed by atoms with van der Waals surface area (Å²) in [5.74, 6) is 1.23. The normalized spacial score (nSPS) is 13.0. The van der Waals surface area contributed by atoms with Gasteiger partial charge in [-0.05, 0) is 55.7 Å². The molecule has 1 aromatic carbocycles. The topological polar surface area (TPSA) is 95.5 Å². The van der Waals surface area contributed by atoms with Gasteiger partial charge in [0, 0.05) is 31.3 Å². The molecule has 3 heterocycles. The molecule has 0 saturated carbocycles. The van der Waals surface area contributed by atoms with Gasteiger partial charge in [-0.3, -0.25) is 4.79 Å². The van der Waals surface area contributed by atoms with Gasteiger partial charge in [0.2, 0.25) is 5.88 Å². The first-order valence-corrected chi connectivity index (χ1v) is 10.5. The van der Waals surface area contributed by atoms with Gasteiger partial charge in [-0.2, -0.15) is 5.10 Å². The summed E-state index contributed by atoms with van der Waals surface area (Å²) in [6.45, 7) is 2.47. The third-order valence-corrected chi connectivity index (χ3v) is 5.28. The number of benzene rings is 1. The molecule has 1 saturated heterocycles. The van der Waals surface area contributed by atoms with Gasteiger partial charge in [-0.1, -0.05) is 0 Å². The second kappa shape index (κ2) is 12.4. The van der Waals surface area contributed by atoms with Crippen molar-refractivity contribution >= 4 is 30.7 Å². The molecule has 4 rings (SSSR count). The predicted molar refractivity (Wildman–Crippen MR) is 132 cm³/mol. The van der Waals surface area contributed by atoms with Crippen LogP contribution in [0.15, 0.2) is 48.7 Å². The molecule has 2 aromatic heterocycles. The molecule has 0 radical (unpaired) electrons. The van der Waals surface area contributed by atoms with E-state index in [1.54, 1.807) is 24.1 Å². The van der Waals surface area contributed by atoms with Crippen molar-refractivity contribution in [2.24, 2.45) is 5.73 Å². The lowest BCUT2D eigenvalue weighted by atomic mass is 10.1. The Morgan fingerprint density at radius 2 is 1.79 bits per heavy atom. The number of likely N-dealkylation sites (tertiary alicyclic amines) is 1. The molecule has 0 atom stereocenters. The lowest BCUT2D eigenvalue weighted by molar-refractivity contribution is 0.0718. The van der Waals surface area contributed by atoms with Crippen LogP contribution >= 0.6 is 24.8 Å². The van der Waals surface area contributed by atoms with Gasteiger partial charge in [0.25, 0.3) is 5.91 Å². The van der Waals surface area contributed by atoms with Crippen molar-refractivity contribution in [1.29, 1.82) is 0 Å². The number of rotatable bonds is 7. The first-order valence-electron chi connectivity index (χ1n) is 10.5. The fraction of sp³-hybridized carbons (Fsp3) is 0.348. The maximum Gasteiger partial charge on any atom is 0.274 e. The van der Waals surface area contributed by atoms with E-state index in [1.807, 2.05) is 41.3 Å². The molecule has 1 amide bonds. The molecule has 0 bridgehead atoms. The fourth-order valence-electron chi connectivity index (χ4n) is 3.66. The lowest BCUT2D eigenvalue weighted by Gasteiger charge is -2.25. The molecule has 0 unspecified atom stereocenters. The second-order valence-corrected chi connectivity index (χ2v) is 7.40. The zero-order valence-electron chi connectivity index (χ0n) is 18.5. The lowest BCUT2D eigenvalue weighted by Crippen LogP contribution is -2.35. The third-order valence-electron chi connectivity index (χ3n) is 5.28. The maximum absolute atomic E-state index is 13.1. The van der Waals surface area contributed by atoms with Crippen molar-refractivity contribution in [3.05, 3.63) is 54.4 Å². The second-order valence-electron chi connectivity index (χ2n) is 7.40. The van der Waals surface area contributed by atoms with E-state index in [4.69, 9.17) is 15.2 Å². The average Bonchev–Trinajstić information content (AvgIpc) is 3.28. The molecule has 178 valence electrons. The molecule has 0 aliphatic carbocycles. The minimum atomic E-state index is -0.0379. The molecule has 1 aliphatic rings. The maximum atomic E-state index is 13.1. The van der Waals surface area contributed by atoms with Gasteiger partial charge < -0.3 is 20.1 Å². The Morgan fingerprint density at radius 1 is 1.06 bits per heavy atom. The Bertz CT molecular complexity index is 1020. The summed E-state index contributed by atoms with van der Waals surface area (Å²) in [7, 11) is 1.57. The number of aromatic nitrogens is 3. The van der Waals surface area contributed by atoms with E-state index in [1.165, 1.54) is 6.42 Å². The highest BCUT2D eigenvalue weighted by atomic mass is 35.5. The van der Waals surface area contributed by atoms with Crippen LogP contribution in [0.5, 0.6) is 11.6 Å². The van der Waals surface area contributed by atoms with Crippen LogP contribution in [0.3, 0.4) is 0 Å². The number of hydrogen-bond donors (Lipinski definition) is 1. The first kappa shape index (κ1) is 26.4. The van der Waals surface area contributed by atoms with E-state index in [-0.39, 0.29) is 30.7 Å². The summed E-state index contributed by atoms with van der Waals surface area (Å²) in [6, 6.07) is 13.2. The Morgan fingerprint density at radius 3 is 2.39 bits per heavy atom. The van der Waals surface area contributed by atoms with E-state index >= 15 is 0 Å². The molecular formula is C23H29Cl2N5O3. The third kappa shape index (κ3) is 6.16. The number of ether oxygens (including phenoxy) is 2. The van der Waals surface area contributed by atoms with Crippen LogP contribution in [-0.2, 0) is 0 Å². The Kier molecular flexibility index (Phi) is 9.96. The fourth-order valence-corrected chi connectivity index (χ4v) is 3.66. The van der Waals surface area contributed by atoms with Crippen LogP contribution in [-0.4, -0.2) is 58.9 Å². The molecule has 1 fully saturated rings. The van der Waals surface area contributed by atoms with E-state index in [9.17, 15) is 4.79 Å². The van der Waals surface area contributed by atoms with Crippen molar-refractivity contribution in [3.63, 3.8) is 0 Å². The van der Waals surface area contributed by atoms with Crippen molar-refractivity contribution < 1.29 is 14.3 Å². The Hall–Kier alpha value is -2.81. The summed E-state index contributed by atoms with van der Waals surface area (Å²) in [5.41, 5.74) is 8.40. The summed E-state index contributed by atoms with van der Waals surface area (Å²) in [4.78, 5) is 19.3.